The van der Waals surface area contributed by atoms with Gasteiger partial charge in [-0.1, -0.05) is 36.4 Å². The lowest BCUT2D eigenvalue weighted by atomic mass is 9.86. The summed E-state index contributed by atoms with van der Waals surface area (Å²) in [5, 5.41) is 11.5. The quantitative estimate of drug-likeness (QED) is 0.495. The number of hydrogen-bond donors (Lipinski definition) is 2. The molecule has 0 spiro atoms. The van der Waals surface area contributed by atoms with Gasteiger partial charge in [-0.2, -0.15) is 8.78 Å². The molecule has 1 aliphatic carbocycles. The Bertz CT molecular complexity index is 1270. The van der Waals surface area contributed by atoms with Gasteiger partial charge in [-0.15, -0.1) is 0 Å². The molecular weight excluding hydrogens is 486 g/mol. The van der Waals surface area contributed by atoms with Gasteiger partial charge >= 0.3 is 6.61 Å². The Hall–Kier alpha value is -3.01. The van der Waals surface area contributed by atoms with E-state index >= 15 is 0 Å². The molecule has 1 heterocycles. The Morgan fingerprint density at radius 1 is 0.889 bits per heavy atom. The molecule has 3 aromatic carbocycles. The Labute approximate surface area is 209 Å². The minimum atomic E-state index is -3.99. The van der Waals surface area contributed by atoms with Crippen LogP contribution in [0, 0.1) is 0 Å². The van der Waals surface area contributed by atoms with Crippen molar-refractivity contribution in [2.75, 3.05) is 4.90 Å². The molecule has 36 heavy (non-hydrogen) atoms. The highest BCUT2D eigenvalue weighted by Crippen LogP contribution is 2.41. The van der Waals surface area contributed by atoms with Crippen molar-refractivity contribution in [3.05, 3.63) is 83.9 Å². The van der Waals surface area contributed by atoms with Crippen LogP contribution in [0.25, 0.3) is 0 Å². The maximum Gasteiger partial charge on any atom is 0.387 e. The van der Waals surface area contributed by atoms with Gasteiger partial charge in [0.15, 0.2) is 0 Å². The van der Waals surface area contributed by atoms with Crippen LogP contribution >= 0.6 is 0 Å². The summed E-state index contributed by atoms with van der Waals surface area (Å²) in [5.74, 6) is -0.125. The first kappa shape index (κ1) is 24.7. The van der Waals surface area contributed by atoms with Crippen molar-refractivity contribution < 1.29 is 27.0 Å². The number of anilines is 2. The normalized spacial score (nSPS) is 22.0. The lowest BCUT2D eigenvalue weighted by Gasteiger charge is -2.43. The fraction of sp³-hybridized carbons (Fsp3) is 0.333. The maximum absolute atomic E-state index is 13.1. The van der Waals surface area contributed by atoms with E-state index in [1.165, 1.54) is 35.4 Å². The van der Waals surface area contributed by atoms with Gasteiger partial charge in [0.05, 0.1) is 23.1 Å². The van der Waals surface area contributed by atoms with Gasteiger partial charge in [-0.25, -0.2) is 13.1 Å². The molecule has 2 N–H and O–H groups in total. The second-order valence-corrected chi connectivity index (χ2v) is 10.9. The van der Waals surface area contributed by atoms with Gasteiger partial charge in [0, 0.05) is 11.4 Å². The van der Waals surface area contributed by atoms with E-state index in [9.17, 15) is 22.3 Å². The Morgan fingerprint density at radius 3 is 2.06 bits per heavy atom. The van der Waals surface area contributed by atoms with Gasteiger partial charge in [-0.3, -0.25) is 0 Å². The summed E-state index contributed by atoms with van der Waals surface area (Å²) in [6.07, 6.45) is 2.73. The molecule has 190 valence electrons. The molecule has 3 unspecified atom stereocenters. The van der Waals surface area contributed by atoms with Gasteiger partial charge < -0.3 is 14.7 Å². The zero-order valence-corrected chi connectivity index (χ0v) is 20.4. The summed E-state index contributed by atoms with van der Waals surface area (Å²) < 4.78 is 58.0. The average molecular weight is 515 g/mol. The molecule has 1 fully saturated rings. The van der Waals surface area contributed by atoms with Crippen LogP contribution in [0.15, 0.2) is 77.7 Å². The number of aliphatic hydroxyl groups excluding tert-OH is 1. The fourth-order valence-electron chi connectivity index (χ4n) is 5.31. The van der Waals surface area contributed by atoms with E-state index in [-0.39, 0.29) is 16.7 Å². The van der Waals surface area contributed by atoms with E-state index in [0.29, 0.717) is 12.8 Å². The van der Waals surface area contributed by atoms with E-state index in [0.717, 1.165) is 30.6 Å². The number of nitrogens with zero attached hydrogens (tertiary/aromatic N) is 1. The Balaban J connectivity index is 1.42. The van der Waals surface area contributed by atoms with Crippen LogP contribution in [0.4, 0.5) is 20.2 Å². The van der Waals surface area contributed by atoms with Crippen LogP contribution in [-0.2, 0) is 22.9 Å². The first-order chi connectivity index (χ1) is 17.3. The van der Waals surface area contributed by atoms with Crippen molar-refractivity contribution in [3.63, 3.8) is 0 Å². The predicted molar refractivity (Wildman–Crippen MR) is 133 cm³/mol. The average Bonchev–Trinajstić information content (AvgIpc) is 3.02. The van der Waals surface area contributed by atoms with Crippen molar-refractivity contribution in [2.24, 2.45) is 0 Å². The number of fused-ring (bicyclic) bond motifs is 2. The number of sulfonamides is 1. The molecule has 0 amide bonds. The number of aliphatic hydroxyl groups is 1. The molecule has 0 saturated heterocycles. The number of alkyl halides is 2. The van der Waals surface area contributed by atoms with Crippen molar-refractivity contribution in [2.45, 2.75) is 61.8 Å². The van der Waals surface area contributed by atoms with Gasteiger partial charge in [0.2, 0.25) is 10.0 Å². The third kappa shape index (κ3) is 4.96. The van der Waals surface area contributed by atoms with Crippen LogP contribution in [0.2, 0.25) is 0 Å². The van der Waals surface area contributed by atoms with Crippen molar-refractivity contribution in [3.8, 4) is 5.75 Å². The van der Waals surface area contributed by atoms with E-state index in [1.807, 2.05) is 24.3 Å². The summed E-state index contributed by atoms with van der Waals surface area (Å²) in [4.78, 5) is 2.10. The SMILES string of the molecule is O=S(=O)(NC1CCCC(N2c3ccccc3CCc3ccccc32)C1O)c1ccc(OC(F)F)cc1. The van der Waals surface area contributed by atoms with Gasteiger partial charge in [0.25, 0.3) is 0 Å². The van der Waals surface area contributed by atoms with Crippen LogP contribution in [0.5, 0.6) is 5.75 Å². The number of halogens is 2. The van der Waals surface area contributed by atoms with E-state index in [2.05, 4.69) is 38.6 Å². The second kappa shape index (κ2) is 10.2. The number of para-hydroxylation sites is 2. The molecule has 3 aromatic rings. The Morgan fingerprint density at radius 2 is 1.47 bits per heavy atom. The van der Waals surface area contributed by atoms with Gasteiger partial charge in [-0.05, 0) is 79.6 Å². The fourth-order valence-corrected chi connectivity index (χ4v) is 6.59. The van der Waals surface area contributed by atoms with E-state index in [1.54, 1.807) is 0 Å². The minimum absolute atomic E-state index is 0.0797. The van der Waals surface area contributed by atoms with Crippen LogP contribution in [-0.4, -0.2) is 38.3 Å². The molecule has 0 bridgehead atoms. The van der Waals surface area contributed by atoms with Gasteiger partial charge in [0.1, 0.15) is 5.75 Å². The van der Waals surface area contributed by atoms with E-state index in [4.69, 9.17) is 0 Å². The second-order valence-electron chi connectivity index (χ2n) is 9.19. The number of nitrogens with one attached hydrogen (secondary N) is 1. The molecule has 3 atom stereocenters. The number of ether oxygens (including phenoxy) is 1. The zero-order chi connectivity index (χ0) is 25.3. The minimum Gasteiger partial charge on any atom is -0.435 e. The van der Waals surface area contributed by atoms with Crippen molar-refractivity contribution in [1.29, 1.82) is 0 Å². The molecule has 9 heteroatoms. The molecule has 1 saturated carbocycles. The smallest absolute Gasteiger partial charge is 0.387 e. The molecule has 6 nitrogen and oxygen atoms in total. The lowest BCUT2D eigenvalue weighted by molar-refractivity contribution is -0.0498. The highest BCUT2D eigenvalue weighted by molar-refractivity contribution is 7.89. The lowest BCUT2D eigenvalue weighted by Crippen LogP contribution is -2.55. The molecular formula is C27H28F2N2O4S. The summed E-state index contributed by atoms with van der Waals surface area (Å²) in [7, 11) is -3.99. The Kier molecular flexibility index (Phi) is 6.96. The molecule has 0 radical (unpaired) electrons. The summed E-state index contributed by atoms with van der Waals surface area (Å²) in [6, 6.07) is 20.1. The predicted octanol–water partition coefficient (Wildman–Crippen LogP) is 4.79. The highest BCUT2D eigenvalue weighted by Gasteiger charge is 2.40. The monoisotopic (exact) mass is 514 g/mol. The standard InChI is InChI=1S/C27H28F2N2O4S/c28-27(29)35-20-14-16-21(17-15-20)36(33,34)30-22-8-5-11-25(26(22)32)31-23-9-3-1-6-18(23)12-13-19-7-2-4-10-24(19)31/h1-4,6-7,9-10,14-17,22,25-27,30,32H,5,8,11-13H2. The maximum atomic E-state index is 13.1. The number of hydrogen-bond acceptors (Lipinski definition) is 5. The summed E-state index contributed by atoms with van der Waals surface area (Å²) >= 11 is 0. The number of aryl methyl sites for hydroxylation is 2. The number of benzene rings is 3. The molecule has 0 aromatic heterocycles. The highest BCUT2D eigenvalue weighted by atomic mass is 32.2. The topological polar surface area (TPSA) is 78.9 Å². The third-order valence-corrected chi connectivity index (χ3v) is 8.49. The largest absolute Gasteiger partial charge is 0.435 e. The molecule has 1 aliphatic heterocycles. The van der Waals surface area contributed by atoms with E-state index < -0.39 is 28.8 Å². The van der Waals surface area contributed by atoms with Crippen LogP contribution in [0.1, 0.15) is 30.4 Å². The van der Waals surface area contributed by atoms with Crippen LogP contribution in [0.3, 0.4) is 0 Å². The van der Waals surface area contributed by atoms with Crippen molar-refractivity contribution >= 4 is 21.4 Å². The summed E-state index contributed by atoms with van der Waals surface area (Å²) in [6.45, 7) is -2.99. The summed E-state index contributed by atoms with van der Waals surface area (Å²) in [5.41, 5.74) is 4.44. The zero-order valence-electron chi connectivity index (χ0n) is 19.6. The first-order valence-electron chi connectivity index (χ1n) is 12.0. The van der Waals surface area contributed by atoms with Crippen molar-refractivity contribution in [1.82, 2.24) is 4.72 Å². The number of rotatable bonds is 6. The van der Waals surface area contributed by atoms with Crippen LogP contribution < -0.4 is 14.4 Å². The third-order valence-electron chi connectivity index (χ3n) is 6.98. The first-order valence-corrected chi connectivity index (χ1v) is 13.5. The molecule has 5 rings (SSSR count). The molecule has 2 aliphatic rings.